The zero-order valence-corrected chi connectivity index (χ0v) is 11.9. The molecule has 0 saturated carbocycles. The first-order chi connectivity index (χ1) is 8.65. The van der Waals surface area contributed by atoms with Gasteiger partial charge in [-0.05, 0) is 30.7 Å². The molecule has 0 atom stereocenters. The summed E-state index contributed by atoms with van der Waals surface area (Å²) in [5.74, 6) is 0.328. The Morgan fingerprint density at radius 2 is 1.78 bits per heavy atom. The topological polar surface area (TPSA) is 32.3 Å². The predicted octanol–water partition coefficient (Wildman–Crippen LogP) is 3.75. The molecule has 0 unspecified atom stereocenters. The summed E-state index contributed by atoms with van der Waals surface area (Å²) in [6.45, 7) is 3.53. The molecule has 2 aromatic carbocycles. The van der Waals surface area contributed by atoms with Crippen molar-refractivity contribution in [3.8, 4) is 5.75 Å². The molecule has 0 heterocycles. The smallest absolute Gasteiger partial charge is 0.120 e. The van der Waals surface area contributed by atoms with Crippen molar-refractivity contribution in [1.29, 1.82) is 0 Å². The third-order valence-electron chi connectivity index (χ3n) is 2.81. The highest BCUT2D eigenvalue weighted by atomic mass is 79.9. The molecule has 0 saturated heterocycles. The normalized spacial score (nSPS) is 10.6. The molecule has 3 heteroatoms. The van der Waals surface area contributed by atoms with E-state index in [1.54, 1.807) is 6.07 Å². The highest BCUT2D eigenvalue weighted by Gasteiger charge is 2.01. The van der Waals surface area contributed by atoms with Crippen LogP contribution in [0, 0.1) is 6.92 Å². The van der Waals surface area contributed by atoms with Gasteiger partial charge in [0.25, 0.3) is 0 Å². The molecule has 0 fully saturated rings. The fraction of sp³-hybridized carbons (Fsp3) is 0.200. The van der Waals surface area contributed by atoms with E-state index in [4.69, 9.17) is 0 Å². The van der Waals surface area contributed by atoms with Crippen LogP contribution in [0.1, 0.15) is 16.7 Å². The summed E-state index contributed by atoms with van der Waals surface area (Å²) >= 11 is 3.40. The van der Waals surface area contributed by atoms with Crippen LogP contribution in [-0.4, -0.2) is 5.11 Å². The van der Waals surface area contributed by atoms with E-state index in [0.717, 1.165) is 16.6 Å². The van der Waals surface area contributed by atoms with Gasteiger partial charge < -0.3 is 10.4 Å². The predicted molar refractivity (Wildman–Crippen MR) is 77.5 cm³/mol. The largest absolute Gasteiger partial charge is 0.508 e. The van der Waals surface area contributed by atoms with Gasteiger partial charge in [0.1, 0.15) is 5.75 Å². The Morgan fingerprint density at radius 1 is 1.06 bits per heavy atom. The van der Waals surface area contributed by atoms with Crippen LogP contribution in [0.4, 0.5) is 0 Å². The number of rotatable bonds is 4. The van der Waals surface area contributed by atoms with Crippen LogP contribution in [0.2, 0.25) is 0 Å². The maximum atomic E-state index is 9.71. The number of halogens is 1. The molecule has 2 rings (SSSR count). The quantitative estimate of drug-likeness (QED) is 0.901. The number of nitrogens with one attached hydrogen (secondary N) is 1. The molecule has 0 aliphatic rings. The summed E-state index contributed by atoms with van der Waals surface area (Å²) in [4.78, 5) is 0. The molecule has 18 heavy (non-hydrogen) atoms. The number of aryl methyl sites for hydroxylation is 1. The SMILES string of the molecule is Cc1ccc(CNCc2cc(Br)ccc2O)cc1. The number of hydrogen-bond donors (Lipinski definition) is 2. The minimum atomic E-state index is 0.328. The number of hydrogen-bond acceptors (Lipinski definition) is 2. The van der Waals surface area contributed by atoms with Gasteiger partial charge in [-0.2, -0.15) is 0 Å². The molecular formula is C15H16BrNO. The lowest BCUT2D eigenvalue weighted by Gasteiger charge is -2.08. The van der Waals surface area contributed by atoms with Gasteiger partial charge >= 0.3 is 0 Å². The second-order valence-corrected chi connectivity index (χ2v) is 5.28. The molecule has 0 spiro atoms. The summed E-state index contributed by atoms with van der Waals surface area (Å²) in [5, 5.41) is 13.0. The van der Waals surface area contributed by atoms with E-state index in [1.807, 2.05) is 12.1 Å². The highest BCUT2D eigenvalue weighted by Crippen LogP contribution is 2.21. The van der Waals surface area contributed by atoms with E-state index in [0.29, 0.717) is 12.3 Å². The van der Waals surface area contributed by atoms with Crippen LogP contribution < -0.4 is 5.32 Å². The molecule has 2 nitrogen and oxygen atoms in total. The third kappa shape index (κ3) is 3.59. The van der Waals surface area contributed by atoms with Gasteiger partial charge in [0.15, 0.2) is 0 Å². The maximum absolute atomic E-state index is 9.71. The van der Waals surface area contributed by atoms with Gasteiger partial charge in [-0.25, -0.2) is 0 Å². The molecule has 2 aromatic rings. The number of aromatic hydroxyl groups is 1. The van der Waals surface area contributed by atoms with E-state index < -0.39 is 0 Å². The van der Waals surface area contributed by atoms with Crippen molar-refractivity contribution in [1.82, 2.24) is 5.32 Å². The van der Waals surface area contributed by atoms with Gasteiger partial charge in [-0.1, -0.05) is 45.8 Å². The molecule has 2 N–H and O–H groups in total. The number of phenolic OH excluding ortho intramolecular Hbond substituents is 1. The first kappa shape index (κ1) is 13.1. The molecule has 0 aliphatic heterocycles. The third-order valence-corrected chi connectivity index (χ3v) is 3.30. The number of phenols is 1. The molecular weight excluding hydrogens is 290 g/mol. The Balaban J connectivity index is 1.92. The van der Waals surface area contributed by atoms with Crippen molar-refractivity contribution in [2.45, 2.75) is 20.0 Å². The van der Waals surface area contributed by atoms with Gasteiger partial charge in [0.2, 0.25) is 0 Å². The minimum absolute atomic E-state index is 0.328. The Bertz CT molecular complexity index is 523. The van der Waals surface area contributed by atoms with Crippen molar-refractivity contribution >= 4 is 15.9 Å². The minimum Gasteiger partial charge on any atom is -0.508 e. The van der Waals surface area contributed by atoms with Crippen LogP contribution in [0.5, 0.6) is 5.75 Å². The van der Waals surface area contributed by atoms with Crippen molar-refractivity contribution < 1.29 is 5.11 Å². The van der Waals surface area contributed by atoms with E-state index in [9.17, 15) is 5.11 Å². The maximum Gasteiger partial charge on any atom is 0.120 e. The first-order valence-corrected chi connectivity index (χ1v) is 6.68. The molecule has 0 bridgehead atoms. The summed E-state index contributed by atoms with van der Waals surface area (Å²) < 4.78 is 0.979. The highest BCUT2D eigenvalue weighted by molar-refractivity contribution is 9.10. The fourth-order valence-corrected chi connectivity index (χ4v) is 2.15. The van der Waals surface area contributed by atoms with Gasteiger partial charge in [0.05, 0.1) is 0 Å². The van der Waals surface area contributed by atoms with Crippen molar-refractivity contribution in [2.75, 3.05) is 0 Å². The van der Waals surface area contributed by atoms with Crippen LogP contribution in [0.3, 0.4) is 0 Å². The van der Waals surface area contributed by atoms with Crippen molar-refractivity contribution in [2.24, 2.45) is 0 Å². The zero-order valence-electron chi connectivity index (χ0n) is 10.3. The van der Waals surface area contributed by atoms with Crippen LogP contribution >= 0.6 is 15.9 Å². The van der Waals surface area contributed by atoms with E-state index in [1.165, 1.54) is 11.1 Å². The molecule has 94 valence electrons. The first-order valence-electron chi connectivity index (χ1n) is 5.89. The van der Waals surface area contributed by atoms with Crippen LogP contribution in [0.25, 0.3) is 0 Å². The van der Waals surface area contributed by atoms with E-state index in [-0.39, 0.29) is 0 Å². The van der Waals surface area contributed by atoms with E-state index >= 15 is 0 Å². The Hall–Kier alpha value is -1.32. The van der Waals surface area contributed by atoms with Gasteiger partial charge in [-0.3, -0.25) is 0 Å². The average molecular weight is 306 g/mol. The standard InChI is InChI=1S/C15H16BrNO/c1-11-2-4-12(5-3-11)9-17-10-13-8-14(16)6-7-15(13)18/h2-8,17-18H,9-10H2,1H3. The summed E-state index contributed by atoms with van der Waals surface area (Å²) in [5.41, 5.74) is 3.41. The Kier molecular flexibility index (Phi) is 4.39. The van der Waals surface area contributed by atoms with Crippen molar-refractivity contribution in [3.63, 3.8) is 0 Å². The van der Waals surface area contributed by atoms with Crippen molar-refractivity contribution in [3.05, 3.63) is 63.6 Å². The Labute approximate surface area is 116 Å². The molecule has 0 radical (unpaired) electrons. The van der Waals surface area contributed by atoms with Crippen LogP contribution in [0.15, 0.2) is 46.9 Å². The monoisotopic (exact) mass is 305 g/mol. The van der Waals surface area contributed by atoms with E-state index in [2.05, 4.69) is 52.4 Å². The molecule has 0 amide bonds. The molecule has 0 aromatic heterocycles. The number of benzene rings is 2. The fourth-order valence-electron chi connectivity index (χ4n) is 1.74. The van der Waals surface area contributed by atoms with Crippen LogP contribution in [-0.2, 0) is 13.1 Å². The van der Waals surface area contributed by atoms with Gasteiger partial charge in [-0.15, -0.1) is 0 Å². The lowest BCUT2D eigenvalue weighted by molar-refractivity contribution is 0.464. The molecule has 0 aliphatic carbocycles. The lowest BCUT2D eigenvalue weighted by Crippen LogP contribution is -2.12. The zero-order chi connectivity index (χ0) is 13.0. The Morgan fingerprint density at radius 3 is 2.50 bits per heavy atom. The summed E-state index contributed by atoms with van der Waals surface area (Å²) in [6.07, 6.45) is 0. The summed E-state index contributed by atoms with van der Waals surface area (Å²) in [7, 11) is 0. The summed E-state index contributed by atoms with van der Waals surface area (Å²) in [6, 6.07) is 13.9. The lowest BCUT2D eigenvalue weighted by atomic mass is 10.1. The average Bonchev–Trinajstić information content (AvgIpc) is 2.36. The second kappa shape index (κ2) is 6.03. The van der Waals surface area contributed by atoms with Gasteiger partial charge in [0, 0.05) is 23.1 Å². The second-order valence-electron chi connectivity index (χ2n) is 4.36.